The monoisotopic (exact) mass is 359 g/mol. The molecule has 6 nitrogen and oxygen atoms in total. The fourth-order valence-electron chi connectivity index (χ4n) is 3.27. The zero-order chi connectivity index (χ0) is 18.8. The number of hydrogen-bond donors (Lipinski definition) is 1. The van der Waals surface area contributed by atoms with Gasteiger partial charge in [-0.25, -0.2) is 4.98 Å². The quantitative estimate of drug-likeness (QED) is 0.595. The summed E-state index contributed by atoms with van der Waals surface area (Å²) in [4.78, 5) is 17.3. The van der Waals surface area contributed by atoms with Gasteiger partial charge in [-0.2, -0.15) is 5.10 Å². The number of aryl methyl sites for hydroxylation is 1. The molecule has 0 saturated carbocycles. The standard InChI is InChI=1S/C21H21N5O/c1-15-20(16(2)26(24-15)13-17-8-4-3-5-9-17)21(27)22-12-18-14-25-11-7-6-10-19(25)23-18/h3-11,14H,12-13H2,1-2H3,(H,22,27). The number of amides is 1. The van der Waals surface area contributed by atoms with Crippen molar-refractivity contribution in [2.24, 2.45) is 0 Å². The first-order valence-corrected chi connectivity index (χ1v) is 8.90. The van der Waals surface area contributed by atoms with E-state index < -0.39 is 0 Å². The van der Waals surface area contributed by atoms with Gasteiger partial charge in [-0.15, -0.1) is 0 Å². The first-order valence-electron chi connectivity index (χ1n) is 8.90. The number of pyridine rings is 1. The van der Waals surface area contributed by atoms with Crippen LogP contribution in [-0.4, -0.2) is 25.1 Å². The van der Waals surface area contributed by atoms with E-state index in [0.717, 1.165) is 28.3 Å². The van der Waals surface area contributed by atoms with Gasteiger partial charge in [-0.3, -0.25) is 9.48 Å². The van der Waals surface area contributed by atoms with Gasteiger partial charge in [0.1, 0.15) is 5.65 Å². The number of hydrogen-bond acceptors (Lipinski definition) is 3. The third kappa shape index (κ3) is 3.46. The van der Waals surface area contributed by atoms with Crippen LogP contribution in [0.25, 0.3) is 5.65 Å². The lowest BCUT2D eigenvalue weighted by atomic mass is 10.1. The molecular formula is C21H21N5O. The summed E-state index contributed by atoms with van der Waals surface area (Å²) in [7, 11) is 0. The smallest absolute Gasteiger partial charge is 0.255 e. The van der Waals surface area contributed by atoms with Crippen molar-refractivity contribution in [1.29, 1.82) is 0 Å². The molecule has 136 valence electrons. The Morgan fingerprint density at radius 3 is 2.63 bits per heavy atom. The normalized spacial score (nSPS) is 11.0. The molecule has 6 heteroatoms. The van der Waals surface area contributed by atoms with E-state index in [1.807, 2.05) is 71.7 Å². The Labute approximate surface area is 157 Å². The highest BCUT2D eigenvalue weighted by Crippen LogP contribution is 2.15. The van der Waals surface area contributed by atoms with Gasteiger partial charge in [0.2, 0.25) is 0 Å². The van der Waals surface area contributed by atoms with Crippen molar-refractivity contribution < 1.29 is 4.79 Å². The van der Waals surface area contributed by atoms with Crippen LogP contribution < -0.4 is 5.32 Å². The molecule has 0 atom stereocenters. The summed E-state index contributed by atoms with van der Waals surface area (Å²) in [6.45, 7) is 4.83. The molecule has 4 rings (SSSR count). The second-order valence-electron chi connectivity index (χ2n) is 6.57. The summed E-state index contributed by atoms with van der Waals surface area (Å²) < 4.78 is 3.82. The molecule has 3 heterocycles. The molecule has 3 aromatic heterocycles. The minimum absolute atomic E-state index is 0.124. The maximum atomic E-state index is 12.7. The lowest BCUT2D eigenvalue weighted by Gasteiger charge is -2.06. The average molecular weight is 359 g/mol. The van der Waals surface area contributed by atoms with Crippen molar-refractivity contribution in [3.63, 3.8) is 0 Å². The average Bonchev–Trinajstić information content (AvgIpc) is 3.21. The van der Waals surface area contributed by atoms with Crippen molar-refractivity contribution in [3.8, 4) is 0 Å². The van der Waals surface area contributed by atoms with Crippen LogP contribution in [0.5, 0.6) is 0 Å². The van der Waals surface area contributed by atoms with Gasteiger partial charge >= 0.3 is 0 Å². The van der Waals surface area contributed by atoms with E-state index in [1.165, 1.54) is 0 Å². The fourth-order valence-corrected chi connectivity index (χ4v) is 3.27. The van der Waals surface area contributed by atoms with Crippen molar-refractivity contribution in [2.75, 3.05) is 0 Å². The predicted octanol–water partition coefficient (Wildman–Crippen LogP) is 3.13. The number of nitrogens with zero attached hydrogens (tertiary/aromatic N) is 4. The Bertz CT molecular complexity index is 1060. The van der Waals surface area contributed by atoms with Crippen LogP contribution in [0, 0.1) is 13.8 Å². The number of benzene rings is 1. The number of carbonyl (C=O) groups is 1. The van der Waals surface area contributed by atoms with Gasteiger partial charge in [0, 0.05) is 18.1 Å². The summed E-state index contributed by atoms with van der Waals surface area (Å²) >= 11 is 0. The third-order valence-corrected chi connectivity index (χ3v) is 4.63. The summed E-state index contributed by atoms with van der Waals surface area (Å²) in [6.07, 6.45) is 3.86. The molecule has 0 aliphatic heterocycles. The Morgan fingerprint density at radius 2 is 1.85 bits per heavy atom. The molecule has 0 aliphatic carbocycles. The third-order valence-electron chi connectivity index (χ3n) is 4.63. The van der Waals surface area contributed by atoms with E-state index >= 15 is 0 Å². The van der Waals surface area contributed by atoms with Crippen LogP contribution in [0.1, 0.15) is 33.0 Å². The van der Waals surface area contributed by atoms with Crippen molar-refractivity contribution in [3.05, 3.63) is 89.1 Å². The number of aromatic nitrogens is 4. The summed E-state index contributed by atoms with van der Waals surface area (Å²) in [5.41, 5.74) is 5.07. The lowest BCUT2D eigenvalue weighted by Crippen LogP contribution is -2.24. The Hall–Kier alpha value is -3.41. The molecule has 0 fully saturated rings. The Balaban J connectivity index is 1.49. The molecule has 0 saturated heterocycles. The van der Waals surface area contributed by atoms with Gasteiger partial charge in [0.25, 0.3) is 5.91 Å². The van der Waals surface area contributed by atoms with Gasteiger partial charge in [-0.05, 0) is 31.5 Å². The molecule has 0 aliphatic rings. The maximum Gasteiger partial charge on any atom is 0.255 e. The molecule has 0 bridgehead atoms. The summed E-state index contributed by atoms with van der Waals surface area (Å²) in [6, 6.07) is 15.9. The lowest BCUT2D eigenvalue weighted by molar-refractivity contribution is 0.0949. The van der Waals surface area contributed by atoms with Crippen molar-refractivity contribution in [1.82, 2.24) is 24.5 Å². The van der Waals surface area contributed by atoms with E-state index in [-0.39, 0.29) is 5.91 Å². The highest BCUT2D eigenvalue weighted by Gasteiger charge is 2.18. The second-order valence-corrected chi connectivity index (χ2v) is 6.57. The van der Waals surface area contributed by atoms with Gasteiger partial charge < -0.3 is 9.72 Å². The number of rotatable bonds is 5. The van der Waals surface area contributed by atoms with E-state index in [2.05, 4.69) is 27.5 Å². The zero-order valence-corrected chi connectivity index (χ0v) is 15.4. The van der Waals surface area contributed by atoms with Crippen molar-refractivity contribution in [2.45, 2.75) is 26.9 Å². The predicted molar refractivity (Wildman–Crippen MR) is 104 cm³/mol. The molecule has 1 aromatic carbocycles. The van der Waals surface area contributed by atoms with E-state index in [0.29, 0.717) is 18.7 Å². The van der Waals surface area contributed by atoms with E-state index in [1.54, 1.807) is 0 Å². The second kappa shape index (κ2) is 7.07. The highest BCUT2D eigenvalue weighted by molar-refractivity contribution is 5.96. The van der Waals surface area contributed by atoms with Crippen LogP contribution in [0.4, 0.5) is 0 Å². The van der Waals surface area contributed by atoms with E-state index in [4.69, 9.17) is 0 Å². The minimum atomic E-state index is -0.124. The molecule has 1 amide bonds. The Kier molecular flexibility index (Phi) is 4.46. The van der Waals surface area contributed by atoms with Gasteiger partial charge in [0.15, 0.2) is 0 Å². The summed E-state index contributed by atoms with van der Waals surface area (Å²) in [5.74, 6) is -0.124. The maximum absolute atomic E-state index is 12.7. The molecule has 1 N–H and O–H groups in total. The fraction of sp³-hybridized carbons (Fsp3) is 0.190. The SMILES string of the molecule is Cc1nn(Cc2ccccc2)c(C)c1C(=O)NCc1cn2ccccc2n1. The molecule has 27 heavy (non-hydrogen) atoms. The number of carbonyl (C=O) groups excluding carboxylic acids is 1. The van der Waals surface area contributed by atoms with Crippen LogP contribution in [0.15, 0.2) is 60.9 Å². The number of imidazole rings is 1. The topological polar surface area (TPSA) is 64.2 Å². The van der Waals surface area contributed by atoms with Crippen LogP contribution in [0.2, 0.25) is 0 Å². The summed E-state index contributed by atoms with van der Waals surface area (Å²) in [5, 5.41) is 7.52. The molecule has 4 aromatic rings. The minimum Gasteiger partial charge on any atom is -0.346 e. The zero-order valence-electron chi connectivity index (χ0n) is 15.4. The Morgan fingerprint density at radius 1 is 1.07 bits per heavy atom. The molecule has 0 spiro atoms. The van der Waals surface area contributed by atoms with Crippen molar-refractivity contribution >= 4 is 11.6 Å². The first kappa shape index (κ1) is 17.0. The highest BCUT2D eigenvalue weighted by atomic mass is 16.1. The molecular weight excluding hydrogens is 338 g/mol. The number of fused-ring (bicyclic) bond motifs is 1. The van der Waals surface area contributed by atoms with Gasteiger partial charge in [0.05, 0.1) is 30.0 Å². The largest absolute Gasteiger partial charge is 0.346 e. The van der Waals surface area contributed by atoms with Crippen LogP contribution >= 0.6 is 0 Å². The molecule has 0 unspecified atom stereocenters. The number of nitrogens with one attached hydrogen (secondary N) is 1. The first-order chi connectivity index (χ1) is 13.1. The van der Waals surface area contributed by atoms with Crippen LogP contribution in [0.3, 0.4) is 0 Å². The van der Waals surface area contributed by atoms with Gasteiger partial charge in [-0.1, -0.05) is 36.4 Å². The molecule has 0 radical (unpaired) electrons. The van der Waals surface area contributed by atoms with E-state index in [9.17, 15) is 4.79 Å². The van der Waals surface area contributed by atoms with Crippen LogP contribution in [-0.2, 0) is 13.1 Å².